The molecular formula is C45H43PSi2. The van der Waals surface area contributed by atoms with Crippen LogP contribution in [-0.4, -0.2) is 16.1 Å². The molecule has 2 aliphatic carbocycles. The number of benzene rings is 4. The van der Waals surface area contributed by atoms with Gasteiger partial charge in [0.1, 0.15) is 0 Å². The summed E-state index contributed by atoms with van der Waals surface area (Å²) in [5, 5.41) is 1.60. The van der Waals surface area contributed by atoms with Crippen LogP contribution in [0.3, 0.4) is 0 Å². The second kappa shape index (κ2) is 12.4. The van der Waals surface area contributed by atoms with E-state index in [0.29, 0.717) is 11.1 Å². The first-order valence-electron chi connectivity index (χ1n) is 17.3. The molecule has 2 bridgehead atoms. The van der Waals surface area contributed by atoms with Crippen molar-refractivity contribution in [3.8, 4) is 0 Å². The zero-order valence-electron chi connectivity index (χ0n) is 28.3. The number of allylic oxidation sites excluding steroid dienone is 11. The molecule has 9 rings (SSSR count). The summed E-state index contributed by atoms with van der Waals surface area (Å²) in [6.45, 7) is 10.7. The summed E-state index contributed by atoms with van der Waals surface area (Å²) < 4.78 is 0. The Hall–Kier alpha value is -4.08. The lowest BCUT2D eigenvalue weighted by Crippen LogP contribution is -2.43. The Labute approximate surface area is 290 Å². The molecule has 0 radical (unpaired) electrons. The second-order valence-corrected chi connectivity index (χ2v) is 26.6. The lowest BCUT2D eigenvalue weighted by Gasteiger charge is -2.55. The fourth-order valence-corrected chi connectivity index (χ4v) is 23.3. The molecule has 0 atom stereocenters. The third-order valence-electron chi connectivity index (χ3n) is 11.0. The van der Waals surface area contributed by atoms with E-state index in [1.54, 1.807) is 26.3 Å². The number of rotatable bonds is 8. The summed E-state index contributed by atoms with van der Waals surface area (Å²) in [5.41, 5.74) is 11.2. The third kappa shape index (κ3) is 5.05. The van der Waals surface area contributed by atoms with Crippen molar-refractivity contribution < 1.29 is 0 Å². The Bertz CT molecular complexity index is 1930. The van der Waals surface area contributed by atoms with Gasteiger partial charge in [0, 0.05) is 5.92 Å². The maximum atomic E-state index is 2.67. The van der Waals surface area contributed by atoms with E-state index in [1.807, 2.05) is 0 Å². The summed E-state index contributed by atoms with van der Waals surface area (Å²) in [5.74, 6) is 0.132. The maximum Gasteiger partial charge on any atom is 0.0929 e. The van der Waals surface area contributed by atoms with Crippen LogP contribution in [0.15, 0.2) is 180 Å². The molecular weight excluding hydrogens is 628 g/mol. The lowest BCUT2D eigenvalue weighted by atomic mass is 9.76. The molecule has 0 spiro atoms. The first-order chi connectivity index (χ1) is 23.4. The van der Waals surface area contributed by atoms with Crippen molar-refractivity contribution in [2.75, 3.05) is 0 Å². The molecule has 0 N–H and O–H groups in total. The predicted molar refractivity (Wildman–Crippen MR) is 216 cm³/mol. The van der Waals surface area contributed by atoms with Crippen molar-refractivity contribution in [3.63, 3.8) is 0 Å². The van der Waals surface area contributed by atoms with Crippen LogP contribution in [0, 0.1) is 5.92 Å². The fourth-order valence-electron chi connectivity index (χ4n) is 8.60. The van der Waals surface area contributed by atoms with E-state index >= 15 is 0 Å². The second-order valence-electron chi connectivity index (χ2n) is 14.6. The van der Waals surface area contributed by atoms with Crippen LogP contribution in [0.2, 0.25) is 37.3 Å². The van der Waals surface area contributed by atoms with E-state index in [4.69, 9.17) is 0 Å². The molecule has 0 aromatic heterocycles. The van der Waals surface area contributed by atoms with Gasteiger partial charge in [0.25, 0.3) is 0 Å². The van der Waals surface area contributed by atoms with Gasteiger partial charge in [0.2, 0.25) is 0 Å². The van der Waals surface area contributed by atoms with Gasteiger partial charge in [0.15, 0.2) is 0 Å². The normalized spacial score (nSPS) is 21.0. The Balaban J connectivity index is 1.56. The molecule has 0 nitrogen and oxygen atoms in total. The highest BCUT2D eigenvalue weighted by molar-refractivity contribution is 7.83. The highest BCUT2D eigenvalue weighted by Gasteiger charge is 2.56. The van der Waals surface area contributed by atoms with Crippen molar-refractivity contribution in [1.29, 1.82) is 0 Å². The standard InChI is InChI=1S/C45H43PSi2/c1-47(2,37-29-17-18-30-37)44-40(34-23-11-6-12-24-34)42-39(33-21-9-5-10-22-33)43(36-27-15-8-16-28-36)46(44)45(41(42)35-25-13-7-14-26-35)48(3,4)38-31-19-20-32-38/h5-32,37-38,42H,1-4H3. The average molecular weight is 671 g/mol. The van der Waals surface area contributed by atoms with Crippen LogP contribution in [0.5, 0.6) is 0 Å². The minimum absolute atomic E-state index is 0.132. The Kier molecular flexibility index (Phi) is 8.08. The molecule has 0 saturated heterocycles. The highest BCUT2D eigenvalue weighted by atomic mass is 31.1. The molecule has 4 aromatic carbocycles. The Morgan fingerprint density at radius 1 is 0.396 bits per heavy atom. The van der Waals surface area contributed by atoms with Crippen molar-refractivity contribution in [2.45, 2.75) is 37.3 Å². The molecule has 5 aliphatic rings. The lowest BCUT2D eigenvalue weighted by molar-refractivity contribution is 1.11. The molecule has 3 aliphatic heterocycles. The molecule has 0 unspecified atom stereocenters. The SMILES string of the molecule is C[Si](C)(C1=C(c2ccccc2)C2C(c3ccccc3)=C(c3ccccc3)P1C([Si](C)(C)C1C=CC=C1)=C2c1ccccc1)C1C=CC=C1. The van der Waals surface area contributed by atoms with E-state index in [-0.39, 0.29) is 5.92 Å². The van der Waals surface area contributed by atoms with Gasteiger partial charge in [-0.15, -0.1) is 0 Å². The molecule has 0 fully saturated rings. The van der Waals surface area contributed by atoms with E-state index < -0.39 is 24.1 Å². The van der Waals surface area contributed by atoms with Gasteiger partial charge >= 0.3 is 0 Å². The highest BCUT2D eigenvalue weighted by Crippen LogP contribution is 2.81. The van der Waals surface area contributed by atoms with Gasteiger partial charge in [-0.1, -0.05) is 196 Å². The zero-order chi connectivity index (χ0) is 32.9. The molecule has 236 valence electrons. The summed E-state index contributed by atoms with van der Waals surface area (Å²) in [7, 11) is -5.06. The van der Waals surface area contributed by atoms with Crippen molar-refractivity contribution >= 4 is 46.1 Å². The molecule has 0 amide bonds. The van der Waals surface area contributed by atoms with Gasteiger partial charge in [0.05, 0.1) is 16.1 Å². The van der Waals surface area contributed by atoms with Crippen molar-refractivity contribution in [3.05, 3.63) is 202 Å². The van der Waals surface area contributed by atoms with Crippen LogP contribution in [0.4, 0.5) is 0 Å². The molecule has 48 heavy (non-hydrogen) atoms. The number of hydrogen-bond donors (Lipinski definition) is 0. The topological polar surface area (TPSA) is 0 Å². The molecule has 3 heteroatoms. The average Bonchev–Trinajstić information content (AvgIpc) is 3.89. The summed E-state index contributed by atoms with van der Waals surface area (Å²) in [6, 6.07) is 45.8. The fraction of sp³-hybridized carbons (Fsp3) is 0.156. The zero-order valence-corrected chi connectivity index (χ0v) is 31.2. The predicted octanol–water partition coefficient (Wildman–Crippen LogP) is 13.0. The first kappa shape index (κ1) is 31.2. The molecule has 0 saturated carbocycles. The maximum absolute atomic E-state index is 2.67. The summed E-state index contributed by atoms with van der Waals surface area (Å²) in [4.78, 5) is 3.60. The number of hydrogen-bond acceptors (Lipinski definition) is 0. The summed E-state index contributed by atoms with van der Waals surface area (Å²) in [6.07, 6.45) is 19.2. The monoisotopic (exact) mass is 670 g/mol. The minimum Gasteiger partial charge on any atom is -0.0800 e. The third-order valence-corrected chi connectivity index (χ3v) is 25.2. The van der Waals surface area contributed by atoms with Crippen LogP contribution >= 0.6 is 7.92 Å². The van der Waals surface area contributed by atoms with Gasteiger partial charge in [-0.25, -0.2) is 0 Å². The summed E-state index contributed by atoms with van der Waals surface area (Å²) >= 11 is 0. The van der Waals surface area contributed by atoms with Gasteiger partial charge in [-0.05, 0) is 73.2 Å². The quantitative estimate of drug-likeness (QED) is 0.129. The van der Waals surface area contributed by atoms with Gasteiger partial charge in [-0.3, -0.25) is 0 Å². The van der Waals surface area contributed by atoms with Crippen molar-refractivity contribution in [2.24, 2.45) is 5.92 Å². The van der Waals surface area contributed by atoms with Crippen molar-refractivity contribution in [1.82, 2.24) is 0 Å². The minimum atomic E-state index is -2.11. The molecule has 3 heterocycles. The van der Waals surface area contributed by atoms with E-state index in [0.717, 1.165) is 0 Å². The van der Waals surface area contributed by atoms with Crippen LogP contribution < -0.4 is 0 Å². The Morgan fingerprint density at radius 2 is 0.708 bits per heavy atom. The van der Waals surface area contributed by atoms with Crippen LogP contribution in [0.25, 0.3) is 22.0 Å². The van der Waals surface area contributed by atoms with E-state index in [2.05, 4.69) is 196 Å². The van der Waals surface area contributed by atoms with Crippen LogP contribution in [0.1, 0.15) is 22.3 Å². The van der Waals surface area contributed by atoms with Crippen LogP contribution in [-0.2, 0) is 0 Å². The Morgan fingerprint density at radius 3 is 1.06 bits per heavy atom. The van der Waals surface area contributed by atoms with Gasteiger partial charge < -0.3 is 0 Å². The largest absolute Gasteiger partial charge is 0.0929 e. The molecule has 4 aromatic rings. The van der Waals surface area contributed by atoms with E-state index in [9.17, 15) is 0 Å². The first-order valence-corrected chi connectivity index (χ1v) is 24.8. The smallest absolute Gasteiger partial charge is 0.0800 e. The van der Waals surface area contributed by atoms with Gasteiger partial charge in [-0.2, -0.15) is 0 Å². The van der Waals surface area contributed by atoms with E-state index in [1.165, 1.54) is 27.8 Å².